The fourth-order valence-electron chi connectivity index (χ4n) is 2.30. The predicted molar refractivity (Wildman–Crippen MR) is 87.3 cm³/mol. The highest BCUT2D eigenvalue weighted by molar-refractivity contribution is 5.78. The molecule has 2 aromatic carbocycles. The van der Waals surface area contributed by atoms with Crippen LogP contribution in [0.15, 0.2) is 46.9 Å². The Morgan fingerprint density at radius 1 is 1.22 bits per heavy atom. The van der Waals surface area contributed by atoms with E-state index in [1.54, 1.807) is 0 Å². The molecule has 5 heteroatoms. The molecule has 1 heterocycles. The van der Waals surface area contributed by atoms with Gasteiger partial charge >= 0.3 is 0 Å². The number of oxazole rings is 1. The van der Waals surface area contributed by atoms with Crippen LogP contribution in [-0.2, 0) is 11.3 Å². The minimum absolute atomic E-state index is 0.00683. The zero-order valence-corrected chi connectivity index (χ0v) is 13.1. The second kappa shape index (κ2) is 6.52. The van der Waals surface area contributed by atoms with Gasteiger partial charge in [-0.1, -0.05) is 18.2 Å². The summed E-state index contributed by atoms with van der Waals surface area (Å²) in [6.45, 7) is 4.21. The van der Waals surface area contributed by atoms with Crippen LogP contribution in [0.5, 0.6) is 5.75 Å². The third kappa shape index (κ3) is 3.88. The molecule has 0 radical (unpaired) electrons. The topological polar surface area (TPSA) is 64.4 Å². The normalized spacial score (nSPS) is 10.7. The Morgan fingerprint density at radius 3 is 2.91 bits per heavy atom. The number of aromatic nitrogens is 1. The largest absolute Gasteiger partial charge is 0.484 e. The smallest absolute Gasteiger partial charge is 0.258 e. The predicted octanol–water partition coefficient (Wildman–Crippen LogP) is 3.14. The number of ether oxygens (including phenoxy) is 1. The number of hydrogen-bond donors (Lipinski definition) is 1. The summed E-state index contributed by atoms with van der Waals surface area (Å²) in [4.78, 5) is 16.1. The molecule has 0 saturated carbocycles. The number of rotatable bonds is 5. The highest BCUT2D eigenvalue weighted by Crippen LogP contribution is 2.16. The van der Waals surface area contributed by atoms with Gasteiger partial charge in [-0.05, 0) is 42.3 Å². The summed E-state index contributed by atoms with van der Waals surface area (Å²) >= 11 is 0. The highest BCUT2D eigenvalue weighted by Gasteiger charge is 2.06. The molecular formula is C18H18N2O3. The van der Waals surface area contributed by atoms with Crippen molar-refractivity contribution < 1.29 is 13.9 Å². The van der Waals surface area contributed by atoms with E-state index in [1.165, 1.54) is 0 Å². The lowest BCUT2D eigenvalue weighted by Gasteiger charge is -2.08. The number of amides is 1. The Labute approximate surface area is 134 Å². The summed E-state index contributed by atoms with van der Waals surface area (Å²) in [6.07, 6.45) is 0. The van der Waals surface area contributed by atoms with Gasteiger partial charge in [0.05, 0.1) is 0 Å². The van der Waals surface area contributed by atoms with Gasteiger partial charge in [-0.15, -0.1) is 0 Å². The number of benzene rings is 2. The van der Waals surface area contributed by atoms with Crippen LogP contribution in [0.25, 0.3) is 11.1 Å². The van der Waals surface area contributed by atoms with Gasteiger partial charge in [0.2, 0.25) is 0 Å². The maximum atomic E-state index is 11.9. The molecular weight excluding hydrogens is 292 g/mol. The molecule has 1 N–H and O–H groups in total. The van der Waals surface area contributed by atoms with Crippen molar-refractivity contribution in [2.75, 3.05) is 6.61 Å². The maximum Gasteiger partial charge on any atom is 0.258 e. The quantitative estimate of drug-likeness (QED) is 0.786. The molecule has 3 aromatic rings. The van der Waals surface area contributed by atoms with Crippen molar-refractivity contribution in [3.63, 3.8) is 0 Å². The number of hydrogen-bond acceptors (Lipinski definition) is 4. The highest BCUT2D eigenvalue weighted by atomic mass is 16.5. The maximum absolute atomic E-state index is 11.9. The monoisotopic (exact) mass is 310 g/mol. The number of carbonyl (C=O) groups is 1. The molecule has 0 saturated heterocycles. The second-order valence-electron chi connectivity index (χ2n) is 5.42. The third-order valence-electron chi connectivity index (χ3n) is 3.41. The van der Waals surface area contributed by atoms with E-state index >= 15 is 0 Å². The fraction of sp³-hybridized carbons (Fsp3) is 0.222. The molecule has 118 valence electrons. The standard InChI is InChI=1S/C18H18N2O3/c1-12-4-3-5-15(8-12)22-11-18(21)19-10-14-6-7-16-17(9-14)23-13(2)20-16/h3-9H,10-11H2,1-2H3,(H,19,21). The minimum atomic E-state index is -0.166. The summed E-state index contributed by atoms with van der Waals surface area (Å²) in [5, 5.41) is 2.83. The molecule has 0 unspecified atom stereocenters. The van der Waals surface area contributed by atoms with Crippen LogP contribution >= 0.6 is 0 Å². The number of aryl methyl sites for hydroxylation is 2. The fourth-order valence-corrected chi connectivity index (χ4v) is 2.30. The van der Waals surface area contributed by atoms with E-state index in [4.69, 9.17) is 9.15 Å². The van der Waals surface area contributed by atoms with E-state index < -0.39 is 0 Å². The molecule has 1 aromatic heterocycles. The summed E-state index contributed by atoms with van der Waals surface area (Å²) in [6, 6.07) is 13.3. The van der Waals surface area contributed by atoms with Gasteiger partial charge in [0.15, 0.2) is 18.1 Å². The summed E-state index contributed by atoms with van der Waals surface area (Å²) in [5.41, 5.74) is 3.60. The van der Waals surface area contributed by atoms with Crippen molar-refractivity contribution in [3.05, 3.63) is 59.5 Å². The van der Waals surface area contributed by atoms with E-state index in [0.29, 0.717) is 18.2 Å². The lowest BCUT2D eigenvalue weighted by atomic mass is 10.2. The SMILES string of the molecule is Cc1cccc(OCC(=O)NCc2ccc3nc(C)oc3c2)c1. The van der Waals surface area contributed by atoms with Gasteiger partial charge in [0.1, 0.15) is 11.3 Å². The van der Waals surface area contributed by atoms with E-state index in [9.17, 15) is 4.79 Å². The summed E-state index contributed by atoms with van der Waals surface area (Å²) < 4.78 is 11.0. The molecule has 0 bridgehead atoms. The van der Waals surface area contributed by atoms with Crippen LogP contribution in [0.2, 0.25) is 0 Å². The molecule has 0 aliphatic heterocycles. The first kappa shape index (κ1) is 15.1. The van der Waals surface area contributed by atoms with Crippen LogP contribution in [0.3, 0.4) is 0 Å². The lowest BCUT2D eigenvalue weighted by Crippen LogP contribution is -2.28. The Morgan fingerprint density at radius 2 is 2.09 bits per heavy atom. The molecule has 0 fully saturated rings. The van der Waals surface area contributed by atoms with Crippen molar-refractivity contribution in [1.29, 1.82) is 0 Å². The van der Waals surface area contributed by atoms with Gasteiger partial charge < -0.3 is 14.5 Å². The number of nitrogens with one attached hydrogen (secondary N) is 1. The molecule has 0 aliphatic carbocycles. The molecule has 5 nitrogen and oxygen atoms in total. The van der Waals surface area contributed by atoms with Crippen molar-refractivity contribution in [1.82, 2.24) is 10.3 Å². The zero-order chi connectivity index (χ0) is 16.2. The van der Waals surface area contributed by atoms with Crippen molar-refractivity contribution in [2.45, 2.75) is 20.4 Å². The average Bonchev–Trinajstić information content (AvgIpc) is 2.90. The first-order valence-electron chi connectivity index (χ1n) is 7.42. The second-order valence-corrected chi connectivity index (χ2v) is 5.42. The van der Waals surface area contributed by atoms with E-state index in [2.05, 4.69) is 10.3 Å². The third-order valence-corrected chi connectivity index (χ3v) is 3.41. The van der Waals surface area contributed by atoms with Crippen LogP contribution < -0.4 is 10.1 Å². The molecule has 1 amide bonds. The van der Waals surface area contributed by atoms with Crippen molar-refractivity contribution in [3.8, 4) is 5.75 Å². The Balaban J connectivity index is 1.53. The van der Waals surface area contributed by atoms with Crippen LogP contribution in [-0.4, -0.2) is 17.5 Å². The Bertz CT molecular complexity index is 839. The first-order valence-corrected chi connectivity index (χ1v) is 7.42. The number of carbonyl (C=O) groups excluding carboxylic acids is 1. The molecule has 23 heavy (non-hydrogen) atoms. The zero-order valence-electron chi connectivity index (χ0n) is 13.1. The number of nitrogens with zero attached hydrogens (tertiary/aromatic N) is 1. The summed E-state index contributed by atoms with van der Waals surface area (Å²) in [7, 11) is 0. The summed E-state index contributed by atoms with van der Waals surface area (Å²) in [5.74, 6) is 1.16. The molecule has 3 rings (SSSR count). The Kier molecular flexibility index (Phi) is 4.28. The van der Waals surface area contributed by atoms with Gasteiger partial charge in [-0.25, -0.2) is 4.98 Å². The van der Waals surface area contributed by atoms with Crippen LogP contribution in [0, 0.1) is 13.8 Å². The van der Waals surface area contributed by atoms with E-state index in [0.717, 1.165) is 22.2 Å². The minimum Gasteiger partial charge on any atom is -0.484 e. The van der Waals surface area contributed by atoms with E-state index in [1.807, 2.05) is 56.3 Å². The first-order chi connectivity index (χ1) is 11.1. The van der Waals surface area contributed by atoms with Crippen LogP contribution in [0.4, 0.5) is 0 Å². The molecule has 0 aliphatic rings. The van der Waals surface area contributed by atoms with Crippen molar-refractivity contribution in [2.24, 2.45) is 0 Å². The van der Waals surface area contributed by atoms with Crippen molar-refractivity contribution >= 4 is 17.0 Å². The average molecular weight is 310 g/mol. The van der Waals surface area contributed by atoms with Crippen LogP contribution in [0.1, 0.15) is 17.0 Å². The van der Waals surface area contributed by atoms with Gasteiger partial charge in [-0.2, -0.15) is 0 Å². The Hall–Kier alpha value is -2.82. The van der Waals surface area contributed by atoms with Gasteiger partial charge in [0, 0.05) is 13.5 Å². The lowest BCUT2D eigenvalue weighted by molar-refractivity contribution is -0.123. The van der Waals surface area contributed by atoms with Gasteiger partial charge in [-0.3, -0.25) is 4.79 Å². The molecule has 0 atom stereocenters. The van der Waals surface area contributed by atoms with E-state index in [-0.39, 0.29) is 12.5 Å². The molecule has 0 spiro atoms. The van der Waals surface area contributed by atoms with Gasteiger partial charge in [0.25, 0.3) is 5.91 Å². The number of fused-ring (bicyclic) bond motifs is 1.